The summed E-state index contributed by atoms with van der Waals surface area (Å²) in [6.45, 7) is -0.166. The molecule has 3 rings (SSSR count). The van der Waals surface area contributed by atoms with Gasteiger partial charge in [-0.1, -0.05) is 49.2 Å². The first-order valence-corrected chi connectivity index (χ1v) is 11.3. The Morgan fingerprint density at radius 3 is 2.37 bits per heavy atom. The number of nitrogens with one attached hydrogen (secondary N) is 2. The molecule has 1 aliphatic carbocycles. The zero-order valence-corrected chi connectivity index (χ0v) is 16.4. The lowest BCUT2D eigenvalue weighted by Crippen LogP contribution is -2.45. The van der Waals surface area contributed by atoms with Crippen molar-refractivity contribution in [3.05, 3.63) is 53.4 Å². The minimum absolute atomic E-state index is 0.0306. The summed E-state index contributed by atoms with van der Waals surface area (Å²) in [4.78, 5) is 24.2. The highest BCUT2D eigenvalue weighted by Gasteiger charge is 2.31. The van der Waals surface area contributed by atoms with Crippen LogP contribution in [0.3, 0.4) is 0 Å². The van der Waals surface area contributed by atoms with E-state index in [0.29, 0.717) is 5.56 Å². The standard InChI is InChI=1S/C19H22N2O4S2/c22-18(19(23)21-15-9-4-5-10-15)20-13-16(14-7-2-1-3-8-14)27(24,25)17-11-6-12-26-17/h1-3,6-8,11-12,15-16H,4-5,9-10,13H2,(H,20,22)(H,21,23)/t16-/m0/s1. The molecular weight excluding hydrogens is 384 g/mol. The van der Waals surface area contributed by atoms with Gasteiger partial charge in [0.25, 0.3) is 0 Å². The fraction of sp³-hybridized carbons (Fsp3) is 0.368. The zero-order chi connectivity index (χ0) is 19.3. The van der Waals surface area contributed by atoms with Crippen molar-refractivity contribution in [2.24, 2.45) is 0 Å². The van der Waals surface area contributed by atoms with Gasteiger partial charge in [-0.25, -0.2) is 8.42 Å². The zero-order valence-electron chi connectivity index (χ0n) is 14.8. The van der Waals surface area contributed by atoms with Crippen LogP contribution in [0.4, 0.5) is 0 Å². The number of amides is 2. The predicted molar refractivity (Wildman–Crippen MR) is 104 cm³/mol. The van der Waals surface area contributed by atoms with Crippen LogP contribution in [0.5, 0.6) is 0 Å². The second-order valence-electron chi connectivity index (χ2n) is 6.54. The van der Waals surface area contributed by atoms with E-state index in [2.05, 4.69) is 10.6 Å². The number of sulfone groups is 1. The molecule has 0 saturated heterocycles. The Balaban J connectivity index is 1.72. The van der Waals surface area contributed by atoms with Crippen LogP contribution in [0.1, 0.15) is 36.5 Å². The second kappa shape index (κ2) is 8.67. The SMILES string of the molecule is O=C(NC[C@@H](c1ccccc1)S(=O)(=O)c1cccs1)C(=O)NC1CCCC1. The quantitative estimate of drug-likeness (QED) is 0.721. The molecular formula is C19H22N2O4S2. The molecule has 6 nitrogen and oxygen atoms in total. The maximum absolute atomic E-state index is 13.0. The maximum atomic E-state index is 13.0. The molecule has 1 aliphatic rings. The lowest BCUT2D eigenvalue weighted by Gasteiger charge is -2.18. The van der Waals surface area contributed by atoms with Crippen molar-refractivity contribution < 1.29 is 18.0 Å². The van der Waals surface area contributed by atoms with Gasteiger partial charge < -0.3 is 10.6 Å². The molecule has 1 saturated carbocycles. The number of hydrogen-bond acceptors (Lipinski definition) is 5. The molecule has 27 heavy (non-hydrogen) atoms. The third-order valence-corrected chi connectivity index (χ3v) is 8.20. The first kappa shape index (κ1) is 19.6. The molecule has 2 aromatic rings. The van der Waals surface area contributed by atoms with Crippen LogP contribution < -0.4 is 10.6 Å². The molecule has 0 unspecified atom stereocenters. The first-order valence-electron chi connectivity index (χ1n) is 8.89. The number of rotatable bonds is 6. The summed E-state index contributed by atoms with van der Waals surface area (Å²) in [7, 11) is -3.68. The van der Waals surface area contributed by atoms with Crippen molar-refractivity contribution in [3.63, 3.8) is 0 Å². The second-order valence-corrected chi connectivity index (χ2v) is 9.85. The number of thiophene rings is 1. The monoisotopic (exact) mass is 406 g/mol. The van der Waals surface area contributed by atoms with E-state index in [9.17, 15) is 18.0 Å². The lowest BCUT2D eigenvalue weighted by atomic mass is 10.1. The van der Waals surface area contributed by atoms with Gasteiger partial charge in [-0.2, -0.15) is 0 Å². The fourth-order valence-electron chi connectivity index (χ4n) is 3.23. The molecule has 0 spiro atoms. The summed E-state index contributed by atoms with van der Waals surface area (Å²) >= 11 is 1.13. The summed E-state index contributed by atoms with van der Waals surface area (Å²) in [5.41, 5.74) is 0.572. The minimum Gasteiger partial charge on any atom is -0.346 e. The van der Waals surface area contributed by atoms with Gasteiger partial charge >= 0.3 is 11.8 Å². The van der Waals surface area contributed by atoms with Crippen molar-refractivity contribution >= 4 is 33.0 Å². The molecule has 1 fully saturated rings. The Morgan fingerprint density at radius 2 is 1.74 bits per heavy atom. The van der Waals surface area contributed by atoms with Gasteiger partial charge in [0.2, 0.25) is 0 Å². The van der Waals surface area contributed by atoms with E-state index >= 15 is 0 Å². The van der Waals surface area contributed by atoms with E-state index in [4.69, 9.17) is 0 Å². The van der Waals surface area contributed by atoms with Crippen molar-refractivity contribution in [3.8, 4) is 0 Å². The van der Waals surface area contributed by atoms with Gasteiger partial charge in [-0.15, -0.1) is 11.3 Å². The molecule has 2 N–H and O–H groups in total. The van der Waals surface area contributed by atoms with Crippen LogP contribution in [-0.4, -0.2) is 32.8 Å². The molecule has 2 amide bonds. The molecule has 1 aromatic heterocycles. The highest BCUT2D eigenvalue weighted by atomic mass is 32.2. The molecule has 144 valence electrons. The van der Waals surface area contributed by atoms with E-state index in [1.165, 1.54) is 0 Å². The van der Waals surface area contributed by atoms with Crippen LogP contribution in [0.25, 0.3) is 0 Å². The largest absolute Gasteiger partial charge is 0.346 e. The number of carbonyl (C=O) groups excluding carboxylic acids is 2. The topological polar surface area (TPSA) is 92.3 Å². The van der Waals surface area contributed by atoms with E-state index < -0.39 is 26.9 Å². The normalized spacial score (nSPS) is 16.0. The van der Waals surface area contributed by atoms with Gasteiger partial charge in [-0.05, 0) is 29.9 Å². The molecule has 0 bridgehead atoms. The maximum Gasteiger partial charge on any atom is 0.309 e. The van der Waals surface area contributed by atoms with Gasteiger partial charge in [0.05, 0.1) is 0 Å². The summed E-state index contributed by atoms with van der Waals surface area (Å²) in [6.07, 6.45) is 3.83. The third kappa shape index (κ3) is 4.75. The van der Waals surface area contributed by atoms with E-state index in [1.54, 1.807) is 47.8 Å². The predicted octanol–water partition coefficient (Wildman–Crippen LogP) is 2.44. The smallest absolute Gasteiger partial charge is 0.309 e. The number of hydrogen-bond donors (Lipinski definition) is 2. The Labute approximate surface area is 162 Å². The van der Waals surface area contributed by atoms with Crippen molar-refractivity contribution in [2.75, 3.05) is 6.54 Å². The number of benzene rings is 1. The third-order valence-electron chi connectivity index (χ3n) is 4.67. The highest BCUT2D eigenvalue weighted by molar-refractivity contribution is 7.93. The van der Waals surface area contributed by atoms with Crippen LogP contribution in [-0.2, 0) is 19.4 Å². The van der Waals surface area contributed by atoms with Crippen molar-refractivity contribution in [2.45, 2.75) is 41.2 Å². The van der Waals surface area contributed by atoms with Crippen LogP contribution >= 0.6 is 11.3 Å². The lowest BCUT2D eigenvalue weighted by molar-refractivity contribution is -0.139. The van der Waals surface area contributed by atoms with E-state index in [0.717, 1.165) is 37.0 Å². The molecule has 8 heteroatoms. The van der Waals surface area contributed by atoms with Gasteiger partial charge in [0, 0.05) is 12.6 Å². The summed E-state index contributed by atoms with van der Waals surface area (Å²) < 4.78 is 26.3. The van der Waals surface area contributed by atoms with E-state index in [1.807, 2.05) is 0 Å². The molecule has 1 heterocycles. The van der Waals surface area contributed by atoms with Gasteiger partial charge in [0.15, 0.2) is 9.84 Å². The van der Waals surface area contributed by atoms with Gasteiger partial charge in [0.1, 0.15) is 9.46 Å². The molecule has 1 atom stereocenters. The minimum atomic E-state index is -3.68. The summed E-state index contributed by atoms with van der Waals surface area (Å²) in [5, 5.41) is 5.95. The van der Waals surface area contributed by atoms with Crippen molar-refractivity contribution in [1.82, 2.24) is 10.6 Å². The first-order chi connectivity index (χ1) is 13.0. The fourth-order valence-corrected chi connectivity index (χ4v) is 6.09. The molecule has 1 aromatic carbocycles. The average Bonchev–Trinajstić information content (AvgIpc) is 3.36. The Hall–Kier alpha value is -2.19. The van der Waals surface area contributed by atoms with Crippen molar-refractivity contribution in [1.29, 1.82) is 0 Å². The van der Waals surface area contributed by atoms with E-state index in [-0.39, 0.29) is 16.8 Å². The van der Waals surface area contributed by atoms with Crippen LogP contribution in [0.15, 0.2) is 52.1 Å². The average molecular weight is 407 g/mol. The Morgan fingerprint density at radius 1 is 1.04 bits per heavy atom. The summed E-state index contributed by atoms with van der Waals surface area (Å²) in [5.74, 6) is -1.51. The Kier molecular flexibility index (Phi) is 6.28. The van der Waals surface area contributed by atoms with Crippen LogP contribution in [0, 0.1) is 0 Å². The highest BCUT2D eigenvalue weighted by Crippen LogP contribution is 2.31. The van der Waals surface area contributed by atoms with Crippen LogP contribution in [0.2, 0.25) is 0 Å². The number of carbonyl (C=O) groups is 2. The molecule has 0 radical (unpaired) electrons. The van der Waals surface area contributed by atoms with Gasteiger partial charge in [-0.3, -0.25) is 9.59 Å². The molecule has 0 aliphatic heterocycles. The summed E-state index contributed by atoms with van der Waals surface area (Å²) in [6, 6.07) is 12.0. The Bertz CT molecular complexity index is 874.